The number of nitrogens with zero attached hydrogens (tertiary/aromatic N) is 2. The van der Waals surface area contributed by atoms with Crippen LogP contribution in [0.1, 0.15) is 36.6 Å². The van der Waals surface area contributed by atoms with E-state index < -0.39 is 0 Å². The van der Waals surface area contributed by atoms with Crippen LogP contribution in [0.2, 0.25) is 5.02 Å². The molecular weight excluding hydrogens is 427 g/mol. The zero-order chi connectivity index (χ0) is 20.4. The smallest absolute Gasteiger partial charge is 0.117 e. The highest BCUT2D eigenvalue weighted by atomic mass is 35.5. The summed E-state index contributed by atoms with van der Waals surface area (Å²) >= 11 is 19.0. The van der Waals surface area contributed by atoms with Gasteiger partial charge < -0.3 is 4.42 Å². The minimum absolute atomic E-state index is 0.163. The number of halogens is 3. The Labute approximate surface area is 187 Å². The third-order valence-corrected chi connectivity index (χ3v) is 6.89. The second kappa shape index (κ2) is 9.28. The lowest BCUT2D eigenvalue weighted by atomic mass is 9.88. The lowest BCUT2D eigenvalue weighted by molar-refractivity contribution is 0.0522. The van der Waals surface area contributed by atoms with Crippen LogP contribution < -0.4 is 0 Å². The molecule has 154 valence electrons. The molecule has 1 fully saturated rings. The van der Waals surface area contributed by atoms with Gasteiger partial charge in [0.05, 0.1) is 12.8 Å². The summed E-state index contributed by atoms with van der Waals surface area (Å²) in [5.74, 6) is 0.996. The molecule has 29 heavy (non-hydrogen) atoms. The highest BCUT2D eigenvalue weighted by molar-refractivity contribution is 6.35. The van der Waals surface area contributed by atoms with E-state index >= 15 is 0 Å². The van der Waals surface area contributed by atoms with Gasteiger partial charge in [-0.25, -0.2) is 0 Å². The maximum absolute atomic E-state index is 6.63. The van der Waals surface area contributed by atoms with Gasteiger partial charge in [-0.15, -0.1) is 0 Å². The molecule has 0 spiro atoms. The van der Waals surface area contributed by atoms with Crippen LogP contribution in [0, 0.1) is 0 Å². The van der Waals surface area contributed by atoms with Crippen LogP contribution in [0.5, 0.6) is 0 Å². The molecule has 1 aromatic heterocycles. The van der Waals surface area contributed by atoms with Gasteiger partial charge in [0, 0.05) is 39.8 Å². The molecule has 1 aliphatic heterocycles. The average Bonchev–Trinajstić information content (AvgIpc) is 3.21. The number of hydrogen-bond donors (Lipinski definition) is 0. The molecule has 1 aromatic carbocycles. The maximum Gasteiger partial charge on any atom is 0.117 e. The Morgan fingerprint density at radius 1 is 1.10 bits per heavy atom. The molecule has 2 aliphatic rings. The van der Waals surface area contributed by atoms with Gasteiger partial charge in [0.25, 0.3) is 0 Å². The second-order valence-corrected chi connectivity index (χ2v) is 9.16. The van der Waals surface area contributed by atoms with Crippen molar-refractivity contribution in [2.45, 2.75) is 43.9 Å². The molecule has 3 unspecified atom stereocenters. The molecule has 3 nitrogen and oxygen atoms in total. The fraction of sp³-hybridized carbons (Fsp3) is 0.391. The van der Waals surface area contributed by atoms with Crippen LogP contribution in [0.4, 0.5) is 0 Å². The molecular formula is C23H25Cl3N2O. The van der Waals surface area contributed by atoms with Crippen molar-refractivity contribution in [2.75, 3.05) is 13.6 Å². The lowest BCUT2D eigenvalue weighted by Crippen LogP contribution is -2.49. The lowest BCUT2D eigenvalue weighted by Gasteiger charge is -2.46. The number of piperidine rings is 1. The van der Waals surface area contributed by atoms with Gasteiger partial charge in [-0.3, -0.25) is 9.80 Å². The van der Waals surface area contributed by atoms with Crippen LogP contribution in [-0.2, 0) is 6.54 Å². The topological polar surface area (TPSA) is 19.6 Å². The zero-order valence-corrected chi connectivity index (χ0v) is 18.7. The molecule has 2 aromatic rings. The summed E-state index contributed by atoms with van der Waals surface area (Å²) in [5, 5.41) is 2.30. The first-order valence-corrected chi connectivity index (χ1v) is 11.1. The molecule has 2 heterocycles. The predicted molar refractivity (Wildman–Crippen MR) is 120 cm³/mol. The van der Waals surface area contributed by atoms with Gasteiger partial charge >= 0.3 is 0 Å². The molecule has 4 rings (SSSR count). The van der Waals surface area contributed by atoms with Gasteiger partial charge in [-0.05, 0) is 62.2 Å². The molecule has 0 saturated carbocycles. The molecule has 0 radical (unpaired) electrons. The Morgan fingerprint density at radius 2 is 1.90 bits per heavy atom. The van der Waals surface area contributed by atoms with Gasteiger partial charge in [0.2, 0.25) is 0 Å². The molecule has 3 atom stereocenters. The number of hydrogen-bond acceptors (Lipinski definition) is 3. The standard InChI is InChI=1S/C23H25Cl3N2O/c1-27(15-20-3-2-12-29-20)19-10-11-28(22-9-8-18(25)13-21(22)26)23(14-19)16-4-6-17(24)7-5-16/h2-8,12-13,19,22-23H,9-11,14-15H2,1H3. The Balaban J connectivity index is 1.56. The summed E-state index contributed by atoms with van der Waals surface area (Å²) in [5.41, 5.74) is 1.27. The number of allylic oxidation sites excluding steroid dienone is 2. The zero-order valence-electron chi connectivity index (χ0n) is 16.4. The molecule has 0 bridgehead atoms. The van der Waals surface area contributed by atoms with Crippen molar-refractivity contribution in [1.29, 1.82) is 0 Å². The van der Waals surface area contributed by atoms with E-state index in [1.54, 1.807) is 6.26 Å². The summed E-state index contributed by atoms with van der Waals surface area (Å²) in [6, 6.07) is 13.1. The van der Waals surface area contributed by atoms with E-state index in [9.17, 15) is 0 Å². The monoisotopic (exact) mass is 450 g/mol. The molecule has 0 amide bonds. The summed E-state index contributed by atoms with van der Waals surface area (Å²) in [6.45, 7) is 1.79. The fourth-order valence-electron chi connectivity index (χ4n) is 4.45. The van der Waals surface area contributed by atoms with Crippen LogP contribution in [0.3, 0.4) is 0 Å². The van der Waals surface area contributed by atoms with Crippen LogP contribution in [-0.4, -0.2) is 35.5 Å². The van der Waals surface area contributed by atoms with Gasteiger partial charge in [-0.2, -0.15) is 0 Å². The number of benzene rings is 1. The number of rotatable bonds is 5. The normalized spacial score (nSPS) is 25.8. The second-order valence-electron chi connectivity index (χ2n) is 7.85. The Morgan fingerprint density at radius 3 is 2.59 bits per heavy atom. The summed E-state index contributed by atoms with van der Waals surface area (Å²) in [6.07, 6.45) is 8.62. The summed E-state index contributed by atoms with van der Waals surface area (Å²) < 4.78 is 5.55. The third kappa shape index (κ3) is 4.92. The van der Waals surface area contributed by atoms with Crippen molar-refractivity contribution in [3.8, 4) is 0 Å². The molecule has 1 saturated heterocycles. The van der Waals surface area contributed by atoms with Crippen molar-refractivity contribution in [3.63, 3.8) is 0 Å². The van der Waals surface area contributed by atoms with Crippen molar-refractivity contribution < 1.29 is 4.42 Å². The van der Waals surface area contributed by atoms with Crippen molar-refractivity contribution >= 4 is 34.8 Å². The average molecular weight is 452 g/mol. The quantitative estimate of drug-likeness (QED) is 0.511. The van der Waals surface area contributed by atoms with E-state index in [2.05, 4.69) is 35.1 Å². The van der Waals surface area contributed by atoms with Gasteiger partial charge in [0.15, 0.2) is 0 Å². The van der Waals surface area contributed by atoms with Crippen molar-refractivity contribution in [1.82, 2.24) is 9.80 Å². The summed E-state index contributed by atoms with van der Waals surface area (Å²) in [7, 11) is 2.18. The molecule has 0 N–H and O–H groups in total. The largest absolute Gasteiger partial charge is 0.468 e. The highest BCUT2D eigenvalue weighted by Crippen LogP contribution is 2.39. The van der Waals surface area contributed by atoms with Gasteiger partial charge in [-0.1, -0.05) is 53.0 Å². The predicted octanol–water partition coefficient (Wildman–Crippen LogP) is 6.59. The van der Waals surface area contributed by atoms with E-state index in [0.29, 0.717) is 6.04 Å². The molecule has 1 aliphatic carbocycles. The third-order valence-electron chi connectivity index (χ3n) is 6.01. The molecule has 6 heteroatoms. The Bertz CT molecular complexity index is 876. The van der Waals surface area contributed by atoms with Crippen molar-refractivity contribution in [3.05, 3.63) is 81.2 Å². The van der Waals surface area contributed by atoms with Crippen LogP contribution in [0.15, 0.2) is 69.3 Å². The Hall–Kier alpha value is -1.23. The van der Waals surface area contributed by atoms with E-state index in [1.165, 1.54) is 5.56 Å². The maximum atomic E-state index is 6.63. The SMILES string of the molecule is CN(Cc1ccco1)C1CCN(C2CC=C(Cl)C=C2Cl)C(c2ccc(Cl)cc2)C1. The first-order valence-electron chi connectivity index (χ1n) is 9.98. The highest BCUT2D eigenvalue weighted by Gasteiger charge is 2.36. The number of furan rings is 1. The van der Waals surface area contributed by atoms with Gasteiger partial charge in [0.1, 0.15) is 5.76 Å². The number of likely N-dealkylation sites (tertiary alicyclic amines) is 1. The minimum atomic E-state index is 0.163. The fourth-order valence-corrected chi connectivity index (χ4v) is 5.17. The van der Waals surface area contributed by atoms with Crippen molar-refractivity contribution in [2.24, 2.45) is 0 Å². The minimum Gasteiger partial charge on any atom is -0.468 e. The van der Waals surface area contributed by atoms with E-state index in [4.69, 9.17) is 39.2 Å². The summed E-state index contributed by atoms with van der Waals surface area (Å²) in [4.78, 5) is 4.92. The first-order chi connectivity index (χ1) is 14.0. The van der Waals surface area contributed by atoms with E-state index in [0.717, 1.165) is 53.2 Å². The van der Waals surface area contributed by atoms with E-state index in [-0.39, 0.29) is 12.1 Å². The first kappa shape index (κ1) is 21.0. The Kier molecular flexibility index (Phi) is 6.73. The van der Waals surface area contributed by atoms with E-state index in [1.807, 2.05) is 30.3 Å². The van der Waals surface area contributed by atoms with Crippen LogP contribution in [0.25, 0.3) is 0 Å². The van der Waals surface area contributed by atoms with Crippen LogP contribution >= 0.6 is 34.8 Å².